The largest absolute Gasteiger partial charge is 0.395 e. The average Bonchev–Trinajstić information content (AvgIpc) is 2.08. The summed E-state index contributed by atoms with van der Waals surface area (Å²) in [6.45, 7) is 5.89. The van der Waals surface area contributed by atoms with Gasteiger partial charge in [-0.15, -0.1) is 0 Å². The molecule has 0 unspecified atom stereocenters. The van der Waals surface area contributed by atoms with Gasteiger partial charge in [-0.05, 0) is 37.6 Å². The Kier molecular flexibility index (Phi) is 2.98. The molecule has 0 aliphatic rings. The van der Waals surface area contributed by atoms with Gasteiger partial charge in [0.05, 0.1) is 0 Å². The number of hydrogen-bond donors (Lipinski definition) is 0. The van der Waals surface area contributed by atoms with Crippen LogP contribution in [0.25, 0.3) is 0 Å². The Balaban J connectivity index is 3.15. The van der Waals surface area contributed by atoms with Gasteiger partial charge in [0.2, 0.25) is 0 Å². The molecule has 0 amide bonds. The summed E-state index contributed by atoms with van der Waals surface area (Å²) in [5.74, 6) is 0. The van der Waals surface area contributed by atoms with Crippen molar-refractivity contribution in [2.45, 2.75) is 20.4 Å². The number of hydrogen-bond acceptors (Lipinski definition) is 1. The van der Waals surface area contributed by atoms with Crippen molar-refractivity contribution in [3.63, 3.8) is 0 Å². The van der Waals surface area contributed by atoms with Gasteiger partial charge in [-0.3, -0.25) is 0 Å². The normalized spacial score (nSPS) is 9.85. The topological polar surface area (TPSA) is 20.3 Å². The minimum Gasteiger partial charge on any atom is -0.360 e. The van der Waals surface area contributed by atoms with Gasteiger partial charge >= 0.3 is 8.84 Å². The lowest BCUT2D eigenvalue weighted by Crippen LogP contribution is -2.25. The van der Waals surface area contributed by atoms with Crippen LogP contribution in [0.3, 0.4) is 0 Å². The van der Waals surface area contributed by atoms with Crippen molar-refractivity contribution in [3.8, 4) is 0 Å². The van der Waals surface area contributed by atoms with E-state index in [-0.39, 0.29) is 0 Å². The van der Waals surface area contributed by atoms with E-state index in [9.17, 15) is 4.46 Å². The fourth-order valence-electron chi connectivity index (χ4n) is 1.27. The highest BCUT2D eigenvalue weighted by Crippen LogP contribution is 2.21. The summed E-state index contributed by atoms with van der Waals surface area (Å²) in [4.78, 5) is 0. The van der Waals surface area contributed by atoms with Gasteiger partial charge in [0, 0.05) is 12.7 Å². The second kappa shape index (κ2) is 3.83. The fraction of sp³-hybridized carbons (Fsp3) is 0.400. The third-order valence-electron chi connectivity index (χ3n) is 2.41. The molecule has 13 heavy (non-hydrogen) atoms. The Labute approximate surface area is 80.9 Å². The number of aryl methyl sites for hydroxylation is 1. The highest BCUT2D eigenvalue weighted by atomic mass is 28.3. The smallest absolute Gasteiger partial charge is 0.360 e. The van der Waals surface area contributed by atoms with Crippen molar-refractivity contribution < 1.29 is 4.46 Å². The van der Waals surface area contributed by atoms with E-state index >= 15 is 0 Å². The molecule has 3 heteroatoms. The molecule has 0 spiro atoms. The van der Waals surface area contributed by atoms with Gasteiger partial charge < -0.3 is 9.03 Å². The summed E-state index contributed by atoms with van der Waals surface area (Å²) in [7, 11) is 0.258. The van der Waals surface area contributed by atoms with Crippen LogP contribution in [0.5, 0.6) is 0 Å². The highest BCUT2D eigenvalue weighted by Gasteiger charge is 2.10. The van der Waals surface area contributed by atoms with Crippen LogP contribution in [0.4, 0.5) is 5.69 Å². The monoisotopic (exact) mass is 193 g/mol. The van der Waals surface area contributed by atoms with Gasteiger partial charge in [-0.2, -0.15) is 0 Å². The van der Waals surface area contributed by atoms with E-state index in [2.05, 4.69) is 19.9 Å². The lowest BCUT2D eigenvalue weighted by Gasteiger charge is -2.18. The summed E-state index contributed by atoms with van der Waals surface area (Å²) in [5.41, 5.74) is 3.53. The van der Waals surface area contributed by atoms with Crippen molar-refractivity contribution in [2.75, 3.05) is 11.6 Å². The molecule has 2 nitrogen and oxygen atoms in total. The predicted octanol–water partition coefficient (Wildman–Crippen LogP) is 2.29. The summed E-state index contributed by atoms with van der Waals surface area (Å²) >= 11 is 0. The Morgan fingerprint density at radius 1 is 1.31 bits per heavy atom. The first-order chi connectivity index (χ1) is 6.04. The van der Waals surface area contributed by atoms with E-state index in [1.165, 1.54) is 11.1 Å². The molecule has 70 valence electrons. The number of nitrogens with zero attached hydrogens (tertiary/aromatic N) is 1. The average molecular weight is 193 g/mol. The molecule has 0 saturated carbocycles. The van der Waals surface area contributed by atoms with Crippen LogP contribution in [-0.2, 0) is 4.46 Å². The predicted molar refractivity (Wildman–Crippen MR) is 56.6 cm³/mol. The minimum atomic E-state index is -1.62. The Morgan fingerprint density at radius 3 is 2.46 bits per heavy atom. The Bertz CT molecular complexity index is 336. The molecule has 0 saturated heterocycles. The van der Waals surface area contributed by atoms with Gasteiger partial charge in [0.25, 0.3) is 0 Å². The van der Waals surface area contributed by atoms with Crippen LogP contribution < -0.4 is 4.57 Å². The van der Waals surface area contributed by atoms with Gasteiger partial charge in [0.15, 0.2) is 0 Å². The van der Waals surface area contributed by atoms with Gasteiger partial charge in [-0.25, -0.2) is 0 Å². The van der Waals surface area contributed by atoms with E-state index < -0.39 is 8.84 Å². The first-order valence-electron chi connectivity index (χ1n) is 4.34. The zero-order valence-corrected chi connectivity index (χ0v) is 9.59. The zero-order valence-electron chi connectivity index (χ0n) is 8.59. The molecule has 0 N–H and O–H groups in total. The van der Waals surface area contributed by atoms with Crippen molar-refractivity contribution in [1.82, 2.24) is 0 Å². The standard InChI is InChI=1S/C10H15NOSi/c1-8-6-5-7-10(9(8)2)11(3)13(4)12/h5-7H,1-4H3. The molecule has 1 rings (SSSR count). The van der Waals surface area contributed by atoms with Gasteiger partial charge in [0.1, 0.15) is 0 Å². The number of anilines is 1. The van der Waals surface area contributed by atoms with Crippen molar-refractivity contribution in [2.24, 2.45) is 0 Å². The van der Waals surface area contributed by atoms with Crippen molar-refractivity contribution in [3.05, 3.63) is 29.3 Å². The van der Waals surface area contributed by atoms with Crippen LogP contribution in [0, 0.1) is 13.8 Å². The molecule has 0 heterocycles. The Hall–Kier alpha value is -0.963. The van der Waals surface area contributed by atoms with Crippen LogP contribution in [-0.4, -0.2) is 15.9 Å². The second-order valence-corrected chi connectivity index (χ2v) is 5.01. The van der Waals surface area contributed by atoms with E-state index in [1.807, 2.05) is 23.7 Å². The van der Waals surface area contributed by atoms with Crippen LogP contribution in [0.2, 0.25) is 6.55 Å². The zero-order chi connectivity index (χ0) is 10.0. The quantitative estimate of drug-likeness (QED) is 0.672. The van der Waals surface area contributed by atoms with Crippen molar-refractivity contribution in [1.29, 1.82) is 0 Å². The van der Waals surface area contributed by atoms with E-state index in [4.69, 9.17) is 0 Å². The summed E-state index contributed by atoms with van der Waals surface area (Å²) in [6.07, 6.45) is 0. The van der Waals surface area contributed by atoms with E-state index in [0.717, 1.165) is 5.69 Å². The summed E-state index contributed by atoms with van der Waals surface area (Å²) in [5, 5.41) is 0. The molecule has 0 bridgehead atoms. The molecule has 1 aromatic rings. The molecule has 0 aromatic heterocycles. The van der Waals surface area contributed by atoms with Crippen LogP contribution in [0.15, 0.2) is 18.2 Å². The SMILES string of the molecule is Cc1cccc(N(C)[Si](C)=O)c1C. The third kappa shape index (κ3) is 2.04. The first kappa shape index (κ1) is 10.1. The molecular formula is C10H15NOSi. The van der Waals surface area contributed by atoms with E-state index in [1.54, 1.807) is 6.55 Å². The maximum Gasteiger partial charge on any atom is 0.395 e. The fourth-order valence-corrected chi connectivity index (χ4v) is 1.85. The van der Waals surface area contributed by atoms with Gasteiger partial charge in [-0.1, -0.05) is 12.1 Å². The first-order valence-corrected chi connectivity index (χ1v) is 6.20. The molecule has 0 aliphatic carbocycles. The molecule has 0 radical (unpaired) electrons. The summed E-state index contributed by atoms with van der Waals surface area (Å²) < 4.78 is 13.2. The number of benzene rings is 1. The van der Waals surface area contributed by atoms with Crippen molar-refractivity contribution >= 4 is 14.5 Å². The minimum absolute atomic E-state index is 1.08. The summed E-state index contributed by atoms with van der Waals surface area (Å²) in [6, 6.07) is 6.08. The van der Waals surface area contributed by atoms with E-state index in [0.29, 0.717) is 0 Å². The third-order valence-corrected chi connectivity index (χ3v) is 3.60. The second-order valence-electron chi connectivity index (χ2n) is 3.30. The molecular weight excluding hydrogens is 178 g/mol. The van der Waals surface area contributed by atoms with Crippen LogP contribution >= 0.6 is 0 Å². The lowest BCUT2D eigenvalue weighted by atomic mass is 10.1. The Morgan fingerprint density at radius 2 is 1.92 bits per heavy atom. The molecule has 0 aliphatic heterocycles. The van der Waals surface area contributed by atoms with Crippen LogP contribution in [0.1, 0.15) is 11.1 Å². The lowest BCUT2D eigenvalue weighted by molar-refractivity contribution is 0.563. The maximum absolute atomic E-state index is 11.3. The molecule has 1 aromatic carbocycles. The molecule has 0 fully saturated rings. The molecule has 0 atom stereocenters. The number of rotatable bonds is 2. The maximum atomic E-state index is 11.3. The highest BCUT2D eigenvalue weighted by molar-refractivity contribution is 6.46.